The van der Waals surface area contributed by atoms with Crippen molar-refractivity contribution >= 4 is 34.8 Å². The Labute approximate surface area is 176 Å². The van der Waals surface area contributed by atoms with Gasteiger partial charge in [-0.15, -0.1) is 0 Å². The van der Waals surface area contributed by atoms with E-state index >= 15 is 0 Å². The standard InChI is InChI=1S/C18H20N6O7/c25-17(21-13-1-5-15(6-2-13)23(27)28)19-9-11-31-12-10-20-18(26)22-14-3-7-16(8-4-14)24(29)30/h1-8H,9-12H2,(H2,19,21,25)(H2,20,22,26). The maximum atomic E-state index is 11.7. The smallest absolute Gasteiger partial charge is 0.319 e. The van der Waals surface area contributed by atoms with Gasteiger partial charge in [0.15, 0.2) is 0 Å². The van der Waals surface area contributed by atoms with Gasteiger partial charge in [0.25, 0.3) is 11.4 Å². The number of non-ortho nitro benzene ring substituents is 2. The van der Waals surface area contributed by atoms with Gasteiger partial charge in [0, 0.05) is 48.7 Å². The van der Waals surface area contributed by atoms with Crippen molar-refractivity contribution in [1.82, 2.24) is 10.6 Å². The number of benzene rings is 2. The number of nitrogens with zero attached hydrogens (tertiary/aromatic N) is 2. The quantitative estimate of drug-likeness (QED) is 0.253. The minimum Gasteiger partial charge on any atom is -0.378 e. The summed E-state index contributed by atoms with van der Waals surface area (Å²) >= 11 is 0. The topological polar surface area (TPSA) is 178 Å². The highest BCUT2D eigenvalue weighted by atomic mass is 16.6. The molecule has 0 aromatic heterocycles. The highest BCUT2D eigenvalue weighted by molar-refractivity contribution is 5.89. The van der Waals surface area contributed by atoms with Gasteiger partial charge in [-0.25, -0.2) is 9.59 Å². The van der Waals surface area contributed by atoms with Crippen molar-refractivity contribution in [3.63, 3.8) is 0 Å². The normalized spacial score (nSPS) is 10.1. The van der Waals surface area contributed by atoms with Crippen LogP contribution >= 0.6 is 0 Å². The largest absolute Gasteiger partial charge is 0.378 e. The maximum absolute atomic E-state index is 11.7. The third-order valence-corrected chi connectivity index (χ3v) is 3.74. The molecule has 13 nitrogen and oxygen atoms in total. The molecule has 0 radical (unpaired) electrons. The molecule has 0 unspecified atom stereocenters. The molecule has 31 heavy (non-hydrogen) atoms. The molecule has 0 aliphatic heterocycles. The first-order valence-electron chi connectivity index (χ1n) is 9.01. The van der Waals surface area contributed by atoms with Crippen molar-refractivity contribution in [2.75, 3.05) is 36.9 Å². The van der Waals surface area contributed by atoms with Gasteiger partial charge >= 0.3 is 12.1 Å². The third-order valence-electron chi connectivity index (χ3n) is 3.74. The number of carbonyl (C=O) groups excluding carboxylic acids is 2. The molecule has 0 saturated carbocycles. The molecule has 0 saturated heterocycles. The second-order valence-corrected chi connectivity index (χ2v) is 5.98. The molecule has 0 fully saturated rings. The molecule has 164 valence electrons. The van der Waals surface area contributed by atoms with E-state index in [0.29, 0.717) is 11.4 Å². The first-order chi connectivity index (χ1) is 14.8. The molecule has 2 aromatic rings. The molecule has 0 bridgehead atoms. The number of carbonyl (C=O) groups is 2. The summed E-state index contributed by atoms with van der Waals surface area (Å²) in [5, 5.41) is 31.3. The number of nitro groups is 2. The fraction of sp³-hybridized carbons (Fsp3) is 0.222. The Hall–Kier alpha value is -4.26. The summed E-state index contributed by atoms with van der Waals surface area (Å²) < 4.78 is 5.28. The van der Waals surface area contributed by atoms with Crippen molar-refractivity contribution in [3.05, 3.63) is 68.8 Å². The van der Waals surface area contributed by atoms with Crippen LogP contribution in [0.25, 0.3) is 0 Å². The number of amides is 4. The van der Waals surface area contributed by atoms with E-state index in [4.69, 9.17) is 4.74 Å². The predicted molar refractivity (Wildman–Crippen MR) is 111 cm³/mol. The monoisotopic (exact) mass is 432 g/mol. The fourth-order valence-electron chi connectivity index (χ4n) is 2.26. The highest BCUT2D eigenvalue weighted by Gasteiger charge is 2.07. The first-order valence-corrected chi connectivity index (χ1v) is 9.01. The first kappa shape index (κ1) is 23.0. The minimum absolute atomic E-state index is 0.0746. The van der Waals surface area contributed by atoms with Crippen molar-refractivity contribution in [1.29, 1.82) is 0 Å². The average Bonchev–Trinajstić information content (AvgIpc) is 2.73. The predicted octanol–water partition coefficient (Wildman–Crippen LogP) is 2.46. The fourth-order valence-corrected chi connectivity index (χ4v) is 2.26. The lowest BCUT2D eigenvalue weighted by atomic mass is 10.3. The van der Waals surface area contributed by atoms with Gasteiger partial charge in [-0.3, -0.25) is 20.2 Å². The number of nitrogens with one attached hydrogen (secondary N) is 4. The molecular formula is C18H20N6O7. The van der Waals surface area contributed by atoms with Crippen LogP contribution in [0.1, 0.15) is 0 Å². The van der Waals surface area contributed by atoms with Gasteiger partial charge in [-0.05, 0) is 24.3 Å². The second kappa shape index (κ2) is 11.7. The number of hydrogen-bond acceptors (Lipinski definition) is 7. The summed E-state index contributed by atoms with van der Waals surface area (Å²) in [6, 6.07) is 9.82. The molecule has 0 heterocycles. The molecule has 0 aliphatic rings. The van der Waals surface area contributed by atoms with Crippen LogP contribution in [-0.4, -0.2) is 48.2 Å². The summed E-state index contributed by atoms with van der Waals surface area (Å²) in [6.45, 7) is 0.847. The Bertz CT molecular complexity index is 843. The molecule has 4 amide bonds. The molecule has 13 heteroatoms. The van der Waals surface area contributed by atoms with Crippen molar-refractivity contribution in [2.24, 2.45) is 0 Å². The van der Waals surface area contributed by atoms with Gasteiger partial charge in [0.1, 0.15) is 0 Å². The minimum atomic E-state index is -0.532. The number of ether oxygens (including phenoxy) is 1. The Morgan fingerprint density at radius 2 is 1.06 bits per heavy atom. The van der Waals surface area contributed by atoms with E-state index < -0.39 is 21.9 Å². The lowest BCUT2D eigenvalue weighted by Gasteiger charge is -2.09. The lowest BCUT2D eigenvalue weighted by molar-refractivity contribution is -0.385. The van der Waals surface area contributed by atoms with Crippen molar-refractivity contribution in [2.45, 2.75) is 0 Å². The number of anilines is 2. The number of rotatable bonds is 10. The Kier molecular flexibility index (Phi) is 8.67. The van der Waals surface area contributed by atoms with Crippen LogP contribution in [0.3, 0.4) is 0 Å². The number of urea groups is 2. The summed E-state index contributed by atoms with van der Waals surface area (Å²) in [4.78, 5) is 43.5. The summed E-state index contributed by atoms with van der Waals surface area (Å²) in [5.74, 6) is 0. The zero-order valence-electron chi connectivity index (χ0n) is 16.2. The molecule has 0 spiro atoms. The summed E-state index contributed by atoms with van der Waals surface area (Å²) in [7, 11) is 0. The Morgan fingerprint density at radius 1 is 0.710 bits per heavy atom. The SMILES string of the molecule is O=C(NCCOCCNC(=O)Nc1ccc([N+](=O)[O-])cc1)Nc1ccc([N+](=O)[O-])cc1. The summed E-state index contributed by atoms with van der Waals surface area (Å²) in [5.41, 5.74) is 0.670. The van der Waals surface area contributed by atoms with E-state index in [1.165, 1.54) is 48.5 Å². The molecule has 2 aromatic carbocycles. The summed E-state index contributed by atoms with van der Waals surface area (Å²) in [6.07, 6.45) is 0. The van der Waals surface area contributed by atoms with Crippen LogP contribution in [0.4, 0.5) is 32.3 Å². The number of nitro benzene ring substituents is 2. The van der Waals surface area contributed by atoms with Crippen LogP contribution < -0.4 is 21.3 Å². The zero-order chi connectivity index (χ0) is 22.6. The van der Waals surface area contributed by atoms with Gasteiger partial charge in [0.05, 0.1) is 23.1 Å². The molecule has 2 rings (SSSR count). The van der Waals surface area contributed by atoms with Crippen LogP contribution in [0.15, 0.2) is 48.5 Å². The van der Waals surface area contributed by atoms with Crippen LogP contribution in [-0.2, 0) is 4.74 Å². The molecule has 0 atom stereocenters. The lowest BCUT2D eigenvalue weighted by Crippen LogP contribution is -2.33. The Morgan fingerprint density at radius 3 is 1.39 bits per heavy atom. The third kappa shape index (κ3) is 8.33. The van der Waals surface area contributed by atoms with Crippen molar-refractivity contribution < 1.29 is 24.2 Å². The molecule has 4 N–H and O–H groups in total. The highest BCUT2D eigenvalue weighted by Crippen LogP contribution is 2.16. The average molecular weight is 432 g/mol. The van der Waals surface area contributed by atoms with Crippen LogP contribution in [0, 0.1) is 20.2 Å². The molecule has 0 aliphatic carbocycles. The van der Waals surface area contributed by atoms with E-state index in [-0.39, 0.29) is 37.7 Å². The van der Waals surface area contributed by atoms with E-state index in [9.17, 15) is 29.8 Å². The van der Waals surface area contributed by atoms with Gasteiger partial charge < -0.3 is 26.0 Å². The zero-order valence-corrected chi connectivity index (χ0v) is 16.2. The van der Waals surface area contributed by atoms with E-state index in [1.54, 1.807) is 0 Å². The Balaban J connectivity index is 1.53. The van der Waals surface area contributed by atoms with Crippen LogP contribution in [0.5, 0.6) is 0 Å². The van der Waals surface area contributed by atoms with E-state index in [0.717, 1.165) is 0 Å². The van der Waals surface area contributed by atoms with E-state index in [2.05, 4.69) is 21.3 Å². The van der Waals surface area contributed by atoms with Crippen LogP contribution in [0.2, 0.25) is 0 Å². The maximum Gasteiger partial charge on any atom is 0.319 e. The molecular weight excluding hydrogens is 412 g/mol. The second-order valence-electron chi connectivity index (χ2n) is 5.98. The van der Waals surface area contributed by atoms with Gasteiger partial charge in [-0.2, -0.15) is 0 Å². The van der Waals surface area contributed by atoms with Crippen molar-refractivity contribution in [3.8, 4) is 0 Å². The number of hydrogen-bond donors (Lipinski definition) is 4. The van der Waals surface area contributed by atoms with E-state index in [1.807, 2.05) is 0 Å². The van der Waals surface area contributed by atoms with Gasteiger partial charge in [-0.1, -0.05) is 0 Å². The van der Waals surface area contributed by atoms with Gasteiger partial charge in [0.2, 0.25) is 0 Å².